The predicted molar refractivity (Wildman–Crippen MR) is 63.6 cm³/mol. The summed E-state index contributed by atoms with van der Waals surface area (Å²) in [5.74, 6) is 0. The lowest BCUT2D eigenvalue weighted by Gasteiger charge is -2.23. The second kappa shape index (κ2) is 5.53. The number of nitrogen functional groups attached to an aromatic ring is 1. The van der Waals surface area contributed by atoms with Gasteiger partial charge in [0.25, 0.3) is 0 Å². The van der Waals surface area contributed by atoms with Crippen molar-refractivity contribution in [2.24, 2.45) is 0 Å². The van der Waals surface area contributed by atoms with Gasteiger partial charge in [0.1, 0.15) is 0 Å². The molecule has 2 heteroatoms. The third kappa shape index (κ3) is 2.95. The van der Waals surface area contributed by atoms with Crippen LogP contribution in [0.1, 0.15) is 26.7 Å². The van der Waals surface area contributed by atoms with Crippen LogP contribution in [0.15, 0.2) is 24.3 Å². The Balaban J connectivity index is 2.75. The molecule has 1 aromatic rings. The van der Waals surface area contributed by atoms with Crippen molar-refractivity contribution in [1.82, 2.24) is 0 Å². The highest BCUT2D eigenvalue weighted by Crippen LogP contribution is 2.17. The molecule has 0 spiro atoms. The molecule has 1 rings (SSSR count). The van der Waals surface area contributed by atoms with Crippen LogP contribution in [0.2, 0.25) is 0 Å². The van der Waals surface area contributed by atoms with Gasteiger partial charge in [0.15, 0.2) is 0 Å². The van der Waals surface area contributed by atoms with Gasteiger partial charge in [0, 0.05) is 24.5 Å². The third-order valence-corrected chi connectivity index (χ3v) is 2.22. The zero-order chi connectivity index (χ0) is 10.4. The number of nitrogens with zero attached hydrogens (tertiary/aromatic N) is 1. The van der Waals surface area contributed by atoms with Crippen LogP contribution in [0, 0.1) is 0 Å². The predicted octanol–water partition coefficient (Wildman–Crippen LogP) is 2.90. The Morgan fingerprint density at radius 1 is 1.14 bits per heavy atom. The lowest BCUT2D eigenvalue weighted by atomic mass is 10.2. The van der Waals surface area contributed by atoms with Crippen molar-refractivity contribution in [3.05, 3.63) is 24.3 Å². The molecular weight excluding hydrogens is 172 g/mol. The monoisotopic (exact) mass is 192 g/mol. The molecule has 0 aliphatic rings. The molecular formula is C12H20N2. The van der Waals surface area contributed by atoms with Crippen molar-refractivity contribution in [2.45, 2.75) is 26.7 Å². The maximum absolute atomic E-state index is 5.76. The molecule has 14 heavy (non-hydrogen) atoms. The van der Waals surface area contributed by atoms with Gasteiger partial charge in [0.05, 0.1) is 0 Å². The second-order valence-electron chi connectivity index (χ2n) is 3.58. The Hall–Kier alpha value is -1.18. The quantitative estimate of drug-likeness (QED) is 0.727. The van der Waals surface area contributed by atoms with Crippen LogP contribution >= 0.6 is 0 Å². The normalized spacial score (nSPS) is 10.1. The zero-order valence-corrected chi connectivity index (χ0v) is 9.16. The highest BCUT2D eigenvalue weighted by Gasteiger charge is 2.03. The van der Waals surface area contributed by atoms with Gasteiger partial charge in [-0.05, 0) is 31.0 Å². The molecule has 78 valence electrons. The number of nitrogens with two attached hydrogens (primary N) is 1. The first-order chi connectivity index (χ1) is 6.77. The van der Waals surface area contributed by atoms with Gasteiger partial charge in [-0.1, -0.05) is 19.9 Å². The van der Waals surface area contributed by atoms with Gasteiger partial charge < -0.3 is 10.6 Å². The van der Waals surface area contributed by atoms with Crippen molar-refractivity contribution >= 4 is 11.4 Å². The van der Waals surface area contributed by atoms with E-state index in [0.29, 0.717) is 0 Å². The summed E-state index contributed by atoms with van der Waals surface area (Å²) in [5.41, 5.74) is 7.85. The molecule has 0 unspecified atom stereocenters. The van der Waals surface area contributed by atoms with Crippen LogP contribution in [0.5, 0.6) is 0 Å². The van der Waals surface area contributed by atoms with E-state index in [1.807, 2.05) is 18.2 Å². The number of hydrogen-bond acceptors (Lipinski definition) is 2. The minimum absolute atomic E-state index is 0.847. The van der Waals surface area contributed by atoms with E-state index in [9.17, 15) is 0 Å². The van der Waals surface area contributed by atoms with Crippen molar-refractivity contribution < 1.29 is 0 Å². The molecule has 2 N–H and O–H groups in total. The lowest BCUT2D eigenvalue weighted by molar-refractivity contribution is 0.745. The zero-order valence-electron chi connectivity index (χ0n) is 9.16. The van der Waals surface area contributed by atoms with E-state index in [1.165, 1.54) is 18.5 Å². The first kappa shape index (κ1) is 10.9. The average Bonchev–Trinajstić information content (AvgIpc) is 2.17. The van der Waals surface area contributed by atoms with E-state index in [0.717, 1.165) is 18.8 Å². The van der Waals surface area contributed by atoms with Crippen molar-refractivity contribution in [3.8, 4) is 0 Å². The summed E-state index contributed by atoms with van der Waals surface area (Å²) in [6, 6.07) is 8.12. The molecule has 0 heterocycles. The SMILES string of the molecule is CCCN(CCC)c1cccc(N)c1. The maximum atomic E-state index is 5.76. The average molecular weight is 192 g/mol. The van der Waals surface area contributed by atoms with Gasteiger partial charge in [-0.3, -0.25) is 0 Å². The molecule has 0 aromatic heterocycles. The first-order valence-corrected chi connectivity index (χ1v) is 5.38. The smallest absolute Gasteiger partial charge is 0.0386 e. The molecule has 0 radical (unpaired) electrons. The molecule has 0 aliphatic carbocycles. The van der Waals surface area contributed by atoms with Gasteiger partial charge in [-0.25, -0.2) is 0 Å². The summed E-state index contributed by atoms with van der Waals surface area (Å²) in [6.45, 7) is 6.62. The molecule has 1 aromatic carbocycles. The van der Waals surface area contributed by atoms with Crippen LogP contribution in [0.4, 0.5) is 11.4 Å². The molecule has 0 saturated carbocycles. The topological polar surface area (TPSA) is 29.3 Å². The van der Waals surface area contributed by atoms with E-state index in [1.54, 1.807) is 0 Å². The Morgan fingerprint density at radius 3 is 2.29 bits per heavy atom. The summed E-state index contributed by atoms with van der Waals surface area (Å²) in [7, 11) is 0. The molecule has 0 bridgehead atoms. The first-order valence-electron chi connectivity index (χ1n) is 5.38. The van der Waals surface area contributed by atoms with E-state index in [4.69, 9.17) is 5.73 Å². The standard InChI is InChI=1S/C12H20N2/c1-3-8-14(9-4-2)12-7-5-6-11(13)10-12/h5-7,10H,3-4,8-9,13H2,1-2H3. The highest BCUT2D eigenvalue weighted by molar-refractivity contribution is 5.55. The summed E-state index contributed by atoms with van der Waals surface area (Å²) < 4.78 is 0. The Kier molecular flexibility index (Phi) is 4.30. The van der Waals surface area contributed by atoms with Gasteiger partial charge in [0.2, 0.25) is 0 Å². The fourth-order valence-corrected chi connectivity index (χ4v) is 1.63. The second-order valence-corrected chi connectivity index (χ2v) is 3.58. The van der Waals surface area contributed by atoms with Crippen LogP contribution in [0.3, 0.4) is 0 Å². The summed E-state index contributed by atoms with van der Waals surface area (Å²) in [4.78, 5) is 2.39. The van der Waals surface area contributed by atoms with Crippen LogP contribution in [0.25, 0.3) is 0 Å². The van der Waals surface area contributed by atoms with Crippen LogP contribution in [-0.4, -0.2) is 13.1 Å². The minimum Gasteiger partial charge on any atom is -0.399 e. The summed E-state index contributed by atoms with van der Waals surface area (Å²) in [6.07, 6.45) is 2.35. The van der Waals surface area contributed by atoms with Gasteiger partial charge in [-0.2, -0.15) is 0 Å². The fourth-order valence-electron chi connectivity index (χ4n) is 1.63. The van der Waals surface area contributed by atoms with Crippen molar-refractivity contribution in [2.75, 3.05) is 23.7 Å². The number of rotatable bonds is 5. The Morgan fingerprint density at radius 2 is 1.79 bits per heavy atom. The van der Waals surface area contributed by atoms with Crippen LogP contribution in [-0.2, 0) is 0 Å². The fraction of sp³-hybridized carbons (Fsp3) is 0.500. The molecule has 2 nitrogen and oxygen atoms in total. The maximum Gasteiger partial charge on any atom is 0.0386 e. The van der Waals surface area contributed by atoms with Crippen molar-refractivity contribution in [3.63, 3.8) is 0 Å². The number of hydrogen-bond donors (Lipinski definition) is 1. The lowest BCUT2D eigenvalue weighted by Crippen LogP contribution is -2.24. The highest BCUT2D eigenvalue weighted by atomic mass is 15.1. The number of benzene rings is 1. The van der Waals surface area contributed by atoms with E-state index in [-0.39, 0.29) is 0 Å². The van der Waals surface area contributed by atoms with E-state index in [2.05, 4.69) is 24.8 Å². The van der Waals surface area contributed by atoms with Gasteiger partial charge >= 0.3 is 0 Å². The Bertz CT molecular complexity index is 265. The summed E-state index contributed by atoms with van der Waals surface area (Å²) >= 11 is 0. The Labute approximate surface area is 86.7 Å². The van der Waals surface area contributed by atoms with E-state index < -0.39 is 0 Å². The molecule has 0 aliphatic heterocycles. The van der Waals surface area contributed by atoms with Crippen LogP contribution < -0.4 is 10.6 Å². The van der Waals surface area contributed by atoms with Gasteiger partial charge in [-0.15, -0.1) is 0 Å². The molecule has 0 fully saturated rings. The molecule has 0 amide bonds. The van der Waals surface area contributed by atoms with Crippen molar-refractivity contribution in [1.29, 1.82) is 0 Å². The minimum atomic E-state index is 0.847. The van der Waals surface area contributed by atoms with E-state index >= 15 is 0 Å². The third-order valence-electron chi connectivity index (χ3n) is 2.22. The number of anilines is 2. The molecule has 0 atom stereocenters. The summed E-state index contributed by atoms with van der Waals surface area (Å²) in [5, 5.41) is 0. The largest absolute Gasteiger partial charge is 0.399 e. The molecule has 0 saturated heterocycles.